The SMILES string of the molecule is COC[C@@H](F)[C@@H]1CNCCN1. The molecule has 1 saturated heterocycles. The number of piperazine rings is 1. The summed E-state index contributed by atoms with van der Waals surface area (Å²) in [5.41, 5.74) is 0. The molecule has 0 spiro atoms. The van der Waals surface area contributed by atoms with Gasteiger partial charge in [-0.1, -0.05) is 0 Å². The van der Waals surface area contributed by atoms with Crippen molar-refractivity contribution in [1.82, 2.24) is 10.6 Å². The van der Waals surface area contributed by atoms with E-state index >= 15 is 0 Å². The van der Waals surface area contributed by atoms with Crippen LogP contribution in [0.5, 0.6) is 0 Å². The molecule has 0 bridgehead atoms. The summed E-state index contributed by atoms with van der Waals surface area (Å²) in [5.74, 6) is 0. The van der Waals surface area contributed by atoms with Crippen LogP contribution < -0.4 is 10.6 Å². The fourth-order valence-corrected chi connectivity index (χ4v) is 1.21. The predicted octanol–water partition coefficient (Wildman–Crippen LogP) is -0.468. The summed E-state index contributed by atoms with van der Waals surface area (Å²) in [6.45, 7) is 2.65. The zero-order chi connectivity index (χ0) is 8.10. The molecule has 2 N–H and O–H groups in total. The lowest BCUT2D eigenvalue weighted by Crippen LogP contribution is -2.53. The van der Waals surface area contributed by atoms with E-state index in [-0.39, 0.29) is 12.6 Å². The normalized spacial score (nSPS) is 28.4. The Labute approximate surface area is 66.3 Å². The highest BCUT2D eigenvalue weighted by atomic mass is 19.1. The van der Waals surface area contributed by atoms with Gasteiger partial charge in [-0.15, -0.1) is 0 Å². The zero-order valence-corrected chi connectivity index (χ0v) is 6.77. The van der Waals surface area contributed by atoms with E-state index in [1.807, 2.05) is 0 Å². The van der Waals surface area contributed by atoms with E-state index in [1.54, 1.807) is 0 Å². The molecule has 0 unspecified atom stereocenters. The summed E-state index contributed by atoms with van der Waals surface area (Å²) in [7, 11) is 1.52. The topological polar surface area (TPSA) is 33.3 Å². The Kier molecular flexibility index (Phi) is 3.76. The van der Waals surface area contributed by atoms with Crippen LogP contribution in [0.1, 0.15) is 0 Å². The molecule has 1 fully saturated rings. The standard InChI is InChI=1S/C7H15FN2O/c1-11-5-6(8)7-4-9-2-3-10-7/h6-7,9-10H,2-5H2,1H3/t6-,7+/m1/s1. The number of halogens is 1. The number of hydrogen-bond donors (Lipinski definition) is 2. The van der Waals surface area contributed by atoms with Crippen molar-refractivity contribution in [2.24, 2.45) is 0 Å². The lowest BCUT2D eigenvalue weighted by Gasteiger charge is -2.26. The quantitative estimate of drug-likeness (QED) is 0.588. The fourth-order valence-electron chi connectivity index (χ4n) is 1.21. The number of rotatable bonds is 3. The van der Waals surface area contributed by atoms with Crippen LogP contribution in [0.2, 0.25) is 0 Å². The van der Waals surface area contributed by atoms with Crippen LogP contribution in [0.25, 0.3) is 0 Å². The second-order valence-corrected chi connectivity index (χ2v) is 2.74. The smallest absolute Gasteiger partial charge is 0.140 e. The Bertz CT molecular complexity index is 107. The van der Waals surface area contributed by atoms with Crippen LogP contribution in [0, 0.1) is 0 Å². The van der Waals surface area contributed by atoms with Crippen LogP contribution in [-0.2, 0) is 4.74 Å². The van der Waals surface area contributed by atoms with Crippen LogP contribution in [0.3, 0.4) is 0 Å². The van der Waals surface area contributed by atoms with Crippen molar-refractivity contribution < 1.29 is 9.13 Å². The number of nitrogens with one attached hydrogen (secondary N) is 2. The minimum atomic E-state index is -0.896. The average molecular weight is 162 g/mol. The van der Waals surface area contributed by atoms with Crippen LogP contribution in [0.15, 0.2) is 0 Å². The van der Waals surface area contributed by atoms with Gasteiger partial charge >= 0.3 is 0 Å². The van der Waals surface area contributed by atoms with Gasteiger partial charge < -0.3 is 15.4 Å². The Morgan fingerprint density at radius 2 is 2.45 bits per heavy atom. The zero-order valence-electron chi connectivity index (χ0n) is 6.77. The van der Waals surface area contributed by atoms with E-state index in [4.69, 9.17) is 4.74 Å². The van der Waals surface area contributed by atoms with E-state index in [2.05, 4.69) is 10.6 Å². The van der Waals surface area contributed by atoms with Gasteiger partial charge in [0.2, 0.25) is 0 Å². The predicted molar refractivity (Wildman–Crippen MR) is 41.4 cm³/mol. The highest BCUT2D eigenvalue weighted by Gasteiger charge is 2.21. The first kappa shape index (κ1) is 8.90. The van der Waals surface area contributed by atoms with Crippen molar-refractivity contribution in [3.63, 3.8) is 0 Å². The van der Waals surface area contributed by atoms with Gasteiger partial charge in [-0.25, -0.2) is 4.39 Å². The minimum absolute atomic E-state index is 0.0799. The van der Waals surface area contributed by atoms with E-state index in [9.17, 15) is 4.39 Å². The monoisotopic (exact) mass is 162 g/mol. The number of alkyl halides is 1. The van der Waals surface area contributed by atoms with Gasteiger partial charge in [0, 0.05) is 26.7 Å². The lowest BCUT2D eigenvalue weighted by atomic mass is 10.1. The van der Waals surface area contributed by atoms with E-state index in [0.717, 1.165) is 13.1 Å². The Morgan fingerprint density at radius 1 is 1.64 bits per heavy atom. The van der Waals surface area contributed by atoms with Crippen molar-refractivity contribution in [2.45, 2.75) is 12.2 Å². The number of methoxy groups -OCH3 is 1. The minimum Gasteiger partial charge on any atom is -0.382 e. The maximum absolute atomic E-state index is 13.1. The summed E-state index contributed by atoms with van der Waals surface area (Å²) in [5, 5.41) is 6.20. The molecule has 0 aromatic heterocycles. The van der Waals surface area contributed by atoms with Crippen LogP contribution in [-0.4, -0.2) is 45.6 Å². The van der Waals surface area contributed by atoms with Crippen molar-refractivity contribution in [2.75, 3.05) is 33.4 Å². The first-order valence-corrected chi connectivity index (χ1v) is 3.91. The molecule has 0 amide bonds. The van der Waals surface area contributed by atoms with Gasteiger partial charge in [0.15, 0.2) is 0 Å². The van der Waals surface area contributed by atoms with Gasteiger partial charge in [0.25, 0.3) is 0 Å². The molecule has 2 atom stereocenters. The molecule has 0 aromatic carbocycles. The molecule has 0 aliphatic carbocycles. The molecule has 1 aliphatic rings. The average Bonchev–Trinajstić information content (AvgIpc) is 2.07. The molecular weight excluding hydrogens is 147 g/mol. The number of ether oxygens (including phenoxy) is 1. The molecule has 0 radical (unpaired) electrons. The van der Waals surface area contributed by atoms with Gasteiger partial charge in [-0.05, 0) is 0 Å². The maximum atomic E-state index is 13.1. The summed E-state index contributed by atoms with van der Waals surface area (Å²) >= 11 is 0. The summed E-state index contributed by atoms with van der Waals surface area (Å²) in [4.78, 5) is 0. The maximum Gasteiger partial charge on any atom is 0.140 e. The second kappa shape index (κ2) is 4.64. The van der Waals surface area contributed by atoms with Crippen LogP contribution in [0.4, 0.5) is 4.39 Å². The largest absolute Gasteiger partial charge is 0.382 e. The van der Waals surface area contributed by atoms with E-state index in [1.165, 1.54) is 7.11 Å². The first-order chi connectivity index (χ1) is 5.34. The van der Waals surface area contributed by atoms with Crippen molar-refractivity contribution in [1.29, 1.82) is 0 Å². The Hall–Kier alpha value is -0.190. The summed E-state index contributed by atoms with van der Waals surface area (Å²) in [6, 6.07) is -0.0799. The van der Waals surface area contributed by atoms with E-state index in [0.29, 0.717) is 6.54 Å². The van der Waals surface area contributed by atoms with Gasteiger partial charge in [-0.2, -0.15) is 0 Å². The third-order valence-corrected chi connectivity index (χ3v) is 1.84. The molecule has 11 heavy (non-hydrogen) atoms. The van der Waals surface area contributed by atoms with E-state index < -0.39 is 6.17 Å². The van der Waals surface area contributed by atoms with Crippen molar-refractivity contribution in [3.05, 3.63) is 0 Å². The summed E-state index contributed by atoms with van der Waals surface area (Å²) in [6.07, 6.45) is -0.896. The molecule has 1 rings (SSSR count). The Morgan fingerprint density at radius 3 is 3.00 bits per heavy atom. The molecule has 0 saturated carbocycles. The van der Waals surface area contributed by atoms with Gasteiger partial charge in [0.1, 0.15) is 6.17 Å². The summed E-state index contributed by atoms with van der Waals surface area (Å²) < 4.78 is 17.8. The third-order valence-electron chi connectivity index (χ3n) is 1.84. The van der Waals surface area contributed by atoms with Crippen LogP contribution >= 0.6 is 0 Å². The number of hydrogen-bond acceptors (Lipinski definition) is 3. The molecule has 1 heterocycles. The lowest BCUT2D eigenvalue weighted by molar-refractivity contribution is 0.0951. The molecule has 4 heteroatoms. The first-order valence-electron chi connectivity index (χ1n) is 3.91. The van der Waals surface area contributed by atoms with Gasteiger partial charge in [0.05, 0.1) is 12.6 Å². The Balaban J connectivity index is 2.21. The molecule has 66 valence electrons. The third kappa shape index (κ3) is 2.73. The highest BCUT2D eigenvalue weighted by Crippen LogP contribution is 2.00. The molecular formula is C7H15FN2O. The molecule has 3 nitrogen and oxygen atoms in total. The van der Waals surface area contributed by atoms with Gasteiger partial charge in [-0.3, -0.25) is 0 Å². The second-order valence-electron chi connectivity index (χ2n) is 2.74. The van der Waals surface area contributed by atoms with Crippen molar-refractivity contribution >= 4 is 0 Å². The van der Waals surface area contributed by atoms with Crippen molar-refractivity contribution in [3.8, 4) is 0 Å². The highest BCUT2D eigenvalue weighted by molar-refractivity contribution is 4.81. The molecule has 0 aromatic rings. The fraction of sp³-hybridized carbons (Fsp3) is 1.00. The molecule has 1 aliphatic heterocycles.